The van der Waals surface area contributed by atoms with Gasteiger partial charge in [-0.2, -0.15) is 0 Å². The van der Waals surface area contributed by atoms with Crippen LogP contribution in [-0.4, -0.2) is 43.3 Å². The normalized spacial score (nSPS) is 19.4. The fraction of sp³-hybridized carbons (Fsp3) is 0.500. The summed E-state index contributed by atoms with van der Waals surface area (Å²) >= 11 is 0. The van der Waals surface area contributed by atoms with Crippen molar-refractivity contribution < 1.29 is 24.2 Å². The molecule has 1 fully saturated rings. The number of rotatable bonds is 6. The second-order valence-electron chi connectivity index (χ2n) is 5.40. The number of hydrogen-bond donors (Lipinski definition) is 2. The van der Waals surface area contributed by atoms with Crippen molar-refractivity contribution in [2.45, 2.75) is 25.5 Å². The van der Waals surface area contributed by atoms with E-state index in [-0.39, 0.29) is 5.92 Å². The molecule has 0 bridgehead atoms. The molecule has 1 aliphatic heterocycles. The number of carbonyl (C=O) groups excluding carboxylic acids is 1. The van der Waals surface area contributed by atoms with Crippen LogP contribution in [0.25, 0.3) is 0 Å². The molecule has 0 unspecified atom stereocenters. The summed E-state index contributed by atoms with van der Waals surface area (Å²) in [6, 6.07) is 6.03. The van der Waals surface area contributed by atoms with Gasteiger partial charge in [-0.3, -0.25) is 4.79 Å². The first-order chi connectivity index (χ1) is 10.6. The molecule has 2 atom stereocenters. The quantitative estimate of drug-likeness (QED) is 0.831. The molecule has 1 heterocycles. The maximum atomic E-state index is 12.3. The Labute approximate surface area is 129 Å². The Bertz CT molecular complexity index is 525. The van der Waals surface area contributed by atoms with Gasteiger partial charge in [-0.25, -0.2) is 4.79 Å². The van der Waals surface area contributed by atoms with Gasteiger partial charge >= 0.3 is 5.97 Å². The third-order valence-electron chi connectivity index (χ3n) is 3.72. The van der Waals surface area contributed by atoms with Gasteiger partial charge in [-0.05, 0) is 30.5 Å². The number of ether oxygens (including phenoxy) is 2. The van der Waals surface area contributed by atoms with Crippen LogP contribution in [0.2, 0.25) is 0 Å². The molecule has 120 valence electrons. The van der Waals surface area contributed by atoms with E-state index >= 15 is 0 Å². The molecule has 1 aliphatic rings. The van der Waals surface area contributed by atoms with Crippen LogP contribution in [-0.2, 0) is 20.9 Å². The lowest BCUT2D eigenvalue weighted by Crippen LogP contribution is -2.48. The van der Waals surface area contributed by atoms with E-state index < -0.39 is 17.9 Å². The van der Waals surface area contributed by atoms with Crippen LogP contribution >= 0.6 is 0 Å². The van der Waals surface area contributed by atoms with Crippen LogP contribution in [0.4, 0.5) is 0 Å². The number of carbonyl (C=O) groups is 2. The van der Waals surface area contributed by atoms with Gasteiger partial charge in [0.1, 0.15) is 6.04 Å². The first-order valence-electron chi connectivity index (χ1n) is 7.31. The van der Waals surface area contributed by atoms with Gasteiger partial charge in [-0.1, -0.05) is 12.1 Å². The highest BCUT2D eigenvalue weighted by Gasteiger charge is 2.31. The van der Waals surface area contributed by atoms with Gasteiger partial charge in [0.2, 0.25) is 0 Å². The van der Waals surface area contributed by atoms with E-state index in [0.717, 1.165) is 18.4 Å². The SMILES string of the molecule is COCc1cccc(C(=O)N[C@H](C(=O)O)[C@@H]2CCCOC2)c1. The fourth-order valence-electron chi connectivity index (χ4n) is 2.60. The Morgan fingerprint density at radius 2 is 2.32 bits per heavy atom. The van der Waals surface area contributed by atoms with Crippen molar-refractivity contribution in [3.8, 4) is 0 Å². The summed E-state index contributed by atoms with van der Waals surface area (Å²) in [5.41, 5.74) is 1.29. The van der Waals surface area contributed by atoms with Crippen LogP contribution in [0.5, 0.6) is 0 Å². The Hall–Kier alpha value is -1.92. The van der Waals surface area contributed by atoms with Crippen LogP contribution in [0, 0.1) is 5.92 Å². The highest BCUT2D eigenvalue weighted by Crippen LogP contribution is 2.18. The number of aliphatic carboxylic acids is 1. The lowest BCUT2D eigenvalue weighted by Gasteiger charge is -2.28. The van der Waals surface area contributed by atoms with E-state index in [0.29, 0.717) is 25.4 Å². The molecule has 1 aromatic carbocycles. The molecule has 0 aliphatic carbocycles. The number of carboxylic acid groups (broad SMARTS) is 1. The van der Waals surface area contributed by atoms with Gasteiger partial charge in [0, 0.05) is 25.2 Å². The first-order valence-corrected chi connectivity index (χ1v) is 7.31. The number of benzene rings is 1. The molecule has 1 aromatic rings. The average Bonchev–Trinajstić information content (AvgIpc) is 2.53. The number of carboxylic acids is 1. The average molecular weight is 307 g/mol. The van der Waals surface area contributed by atoms with Gasteiger partial charge in [-0.15, -0.1) is 0 Å². The van der Waals surface area contributed by atoms with E-state index in [1.165, 1.54) is 0 Å². The fourth-order valence-corrected chi connectivity index (χ4v) is 2.60. The smallest absolute Gasteiger partial charge is 0.326 e. The van der Waals surface area contributed by atoms with Crippen LogP contribution in [0.3, 0.4) is 0 Å². The predicted molar refractivity (Wildman–Crippen MR) is 79.6 cm³/mol. The van der Waals surface area contributed by atoms with Crippen molar-refractivity contribution in [3.05, 3.63) is 35.4 Å². The summed E-state index contributed by atoms with van der Waals surface area (Å²) < 4.78 is 10.4. The van der Waals surface area contributed by atoms with E-state index in [1.54, 1.807) is 25.3 Å². The molecule has 0 saturated carbocycles. The summed E-state index contributed by atoms with van der Waals surface area (Å²) in [6.07, 6.45) is 1.55. The van der Waals surface area contributed by atoms with Crippen molar-refractivity contribution in [1.82, 2.24) is 5.32 Å². The molecule has 0 radical (unpaired) electrons. The van der Waals surface area contributed by atoms with Crippen molar-refractivity contribution >= 4 is 11.9 Å². The second-order valence-corrected chi connectivity index (χ2v) is 5.40. The largest absolute Gasteiger partial charge is 0.480 e. The number of hydrogen-bond acceptors (Lipinski definition) is 4. The topological polar surface area (TPSA) is 84.9 Å². The molecule has 1 amide bonds. The summed E-state index contributed by atoms with van der Waals surface area (Å²) in [7, 11) is 1.58. The van der Waals surface area contributed by atoms with E-state index in [9.17, 15) is 14.7 Å². The second kappa shape index (κ2) is 7.91. The third kappa shape index (κ3) is 4.29. The molecular weight excluding hydrogens is 286 g/mol. The van der Waals surface area contributed by atoms with E-state index in [1.807, 2.05) is 6.07 Å². The van der Waals surface area contributed by atoms with Crippen molar-refractivity contribution in [2.75, 3.05) is 20.3 Å². The Balaban J connectivity index is 2.07. The first kappa shape index (κ1) is 16.5. The lowest BCUT2D eigenvalue weighted by molar-refractivity contribution is -0.142. The van der Waals surface area contributed by atoms with Crippen molar-refractivity contribution in [2.24, 2.45) is 5.92 Å². The van der Waals surface area contributed by atoms with Crippen LogP contribution in [0.1, 0.15) is 28.8 Å². The third-order valence-corrected chi connectivity index (χ3v) is 3.72. The molecule has 6 nitrogen and oxygen atoms in total. The Kier molecular flexibility index (Phi) is 5.91. The van der Waals surface area contributed by atoms with Crippen LogP contribution < -0.4 is 5.32 Å². The molecule has 22 heavy (non-hydrogen) atoms. The van der Waals surface area contributed by atoms with Gasteiger partial charge in [0.25, 0.3) is 5.91 Å². The van der Waals surface area contributed by atoms with Crippen molar-refractivity contribution in [1.29, 1.82) is 0 Å². The molecule has 2 rings (SSSR count). The minimum atomic E-state index is -1.03. The van der Waals surface area contributed by atoms with Crippen LogP contribution in [0.15, 0.2) is 24.3 Å². The molecule has 6 heteroatoms. The maximum absolute atomic E-state index is 12.3. The Morgan fingerprint density at radius 3 is 2.95 bits per heavy atom. The van der Waals surface area contributed by atoms with Gasteiger partial charge < -0.3 is 19.9 Å². The highest BCUT2D eigenvalue weighted by atomic mass is 16.5. The molecule has 1 saturated heterocycles. The minimum absolute atomic E-state index is 0.197. The monoisotopic (exact) mass is 307 g/mol. The van der Waals surface area contributed by atoms with Crippen molar-refractivity contribution in [3.63, 3.8) is 0 Å². The summed E-state index contributed by atoms with van der Waals surface area (Å²) in [4.78, 5) is 23.7. The summed E-state index contributed by atoms with van der Waals surface area (Å²) in [6.45, 7) is 1.41. The zero-order valence-electron chi connectivity index (χ0n) is 12.6. The molecule has 0 spiro atoms. The molecule has 0 aromatic heterocycles. The maximum Gasteiger partial charge on any atom is 0.326 e. The number of methoxy groups -OCH3 is 1. The van der Waals surface area contributed by atoms with E-state index in [4.69, 9.17) is 9.47 Å². The molecular formula is C16H21NO5. The Morgan fingerprint density at radius 1 is 1.50 bits per heavy atom. The summed E-state index contributed by atoms with van der Waals surface area (Å²) in [5.74, 6) is -1.62. The molecule has 2 N–H and O–H groups in total. The minimum Gasteiger partial charge on any atom is -0.480 e. The highest BCUT2D eigenvalue weighted by molar-refractivity contribution is 5.96. The predicted octanol–water partition coefficient (Wildman–Crippen LogP) is 1.44. The van der Waals surface area contributed by atoms with E-state index in [2.05, 4.69) is 5.32 Å². The van der Waals surface area contributed by atoms with Gasteiger partial charge in [0.05, 0.1) is 13.2 Å². The summed E-state index contributed by atoms with van der Waals surface area (Å²) in [5, 5.41) is 12.0. The zero-order chi connectivity index (χ0) is 15.9. The number of nitrogens with one attached hydrogen (secondary N) is 1. The number of amides is 1. The zero-order valence-corrected chi connectivity index (χ0v) is 12.6. The lowest BCUT2D eigenvalue weighted by atomic mass is 9.93. The standard InChI is InChI=1S/C16H21NO5/c1-21-9-11-4-2-5-12(8-11)15(18)17-14(16(19)20)13-6-3-7-22-10-13/h2,4-5,8,13-14H,3,6-7,9-10H2,1H3,(H,17,18)(H,19,20)/t13-,14+/m1/s1. The van der Waals surface area contributed by atoms with Gasteiger partial charge in [0.15, 0.2) is 0 Å².